The summed E-state index contributed by atoms with van der Waals surface area (Å²) in [6, 6.07) is 9.74. The number of nitrogens with zero attached hydrogens (tertiary/aromatic N) is 1. The molecule has 0 aliphatic heterocycles. The number of fused-ring (bicyclic) bond motifs is 1. The molecule has 2 aromatic heterocycles. The van der Waals surface area contributed by atoms with Crippen LogP contribution in [0.15, 0.2) is 77.6 Å². The van der Waals surface area contributed by atoms with Gasteiger partial charge >= 0.3 is 0 Å². The summed E-state index contributed by atoms with van der Waals surface area (Å²) in [5.74, 6) is -2.16. The predicted molar refractivity (Wildman–Crippen MR) is 173 cm³/mol. The maximum absolute atomic E-state index is 13.8. The highest BCUT2D eigenvalue weighted by atomic mass is 16.3. The molecule has 2 aromatic carbocycles. The molecule has 0 fully saturated rings. The fraction of sp³-hybridized carbons (Fsp3) is 0.294. The van der Waals surface area contributed by atoms with Crippen LogP contribution < -0.4 is 22.1 Å². The van der Waals surface area contributed by atoms with E-state index in [9.17, 15) is 24.3 Å². The number of nitrogens with two attached hydrogens (primary N) is 2. The van der Waals surface area contributed by atoms with E-state index in [1.54, 1.807) is 30.5 Å². The highest BCUT2D eigenvalue weighted by Gasteiger charge is 2.33. The first-order chi connectivity index (χ1) is 21.8. The van der Waals surface area contributed by atoms with E-state index >= 15 is 0 Å². The number of aromatic hydroxyl groups is 1. The van der Waals surface area contributed by atoms with Gasteiger partial charge in [-0.1, -0.05) is 24.8 Å². The van der Waals surface area contributed by atoms with Crippen LogP contribution in [0.1, 0.15) is 41.0 Å². The fourth-order valence-electron chi connectivity index (χ4n) is 5.42. The van der Waals surface area contributed by atoms with Crippen molar-refractivity contribution in [3.63, 3.8) is 0 Å². The van der Waals surface area contributed by atoms with Crippen LogP contribution in [0.25, 0.3) is 10.9 Å². The van der Waals surface area contributed by atoms with E-state index in [2.05, 4.69) is 22.2 Å². The third-order valence-corrected chi connectivity index (χ3v) is 8.24. The number of hydrogen-bond donors (Lipinski definition) is 6. The summed E-state index contributed by atoms with van der Waals surface area (Å²) in [6.45, 7) is 8.92. The van der Waals surface area contributed by atoms with E-state index in [0.717, 1.165) is 33.2 Å². The van der Waals surface area contributed by atoms with Crippen LogP contribution in [-0.4, -0.2) is 63.8 Å². The van der Waals surface area contributed by atoms with E-state index < -0.39 is 47.8 Å². The van der Waals surface area contributed by atoms with Crippen molar-refractivity contribution in [2.24, 2.45) is 11.5 Å². The number of aryl methyl sites for hydroxylation is 2. The van der Waals surface area contributed by atoms with Gasteiger partial charge < -0.3 is 41.5 Å². The van der Waals surface area contributed by atoms with Crippen molar-refractivity contribution < 1.29 is 28.7 Å². The Bertz CT molecular complexity index is 1740. The first kappa shape index (κ1) is 33.5. The Hall–Kier alpha value is -5.36. The SMILES string of the molecule is C=C(C(N)=O)[C@@H](NC(=O)[C@H](Cc1c[nH]c2ccccc12)NC(=O)[C@@H](C)N(C)C(=O)[C@@H](N)Cc1c(C)cc(O)cc1C)c1ccco1. The number of aromatic amines is 1. The number of primary amides is 1. The van der Waals surface area contributed by atoms with Crippen molar-refractivity contribution >= 4 is 34.5 Å². The largest absolute Gasteiger partial charge is 0.508 e. The van der Waals surface area contributed by atoms with Gasteiger partial charge in [-0.15, -0.1) is 0 Å². The smallest absolute Gasteiger partial charge is 0.246 e. The van der Waals surface area contributed by atoms with Crippen molar-refractivity contribution in [2.75, 3.05) is 7.05 Å². The molecule has 4 atom stereocenters. The van der Waals surface area contributed by atoms with Crippen LogP contribution in [0.5, 0.6) is 5.75 Å². The van der Waals surface area contributed by atoms with E-state index in [4.69, 9.17) is 15.9 Å². The summed E-state index contributed by atoms with van der Waals surface area (Å²) < 4.78 is 5.43. The van der Waals surface area contributed by atoms with Crippen molar-refractivity contribution in [1.82, 2.24) is 20.5 Å². The topological polar surface area (TPSA) is 197 Å². The van der Waals surface area contributed by atoms with E-state index in [0.29, 0.717) is 0 Å². The van der Waals surface area contributed by atoms with Crippen LogP contribution in [0.4, 0.5) is 0 Å². The Morgan fingerprint density at radius 1 is 1.02 bits per heavy atom. The van der Waals surface area contributed by atoms with E-state index in [1.807, 2.05) is 38.1 Å². The summed E-state index contributed by atoms with van der Waals surface area (Å²) in [4.78, 5) is 57.2. The minimum Gasteiger partial charge on any atom is -0.508 e. The molecule has 2 heterocycles. The first-order valence-corrected chi connectivity index (χ1v) is 14.8. The molecular weight excluding hydrogens is 588 g/mol. The highest BCUT2D eigenvalue weighted by Crippen LogP contribution is 2.24. The quantitative estimate of drug-likeness (QED) is 0.122. The lowest BCUT2D eigenvalue weighted by Gasteiger charge is -2.29. The Balaban J connectivity index is 1.55. The molecule has 4 rings (SSSR count). The van der Waals surface area contributed by atoms with Crippen molar-refractivity contribution in [3.05, 3.63) is 101 Å². The molecule has 8 N–H and O–H groups in total. The van der Waals surface area contributed by atoms with Crippen molar-refractivity contribution in [2.45, 2.75) is 57.8 Å². The number of carbonyl (C=O) groups is 4. The lowest BCUT2D eigenvalue weighted by molar-refractivity contribution is -0.140. The molecule has 4 aromatic rings. The van der Waals surface area contributed by atoms with Crippen LogP contribution in [0.2, 0.25) is 0 Å². The van der Waals surface area contributed by atoms with Gasteiger partial charge in [-0.05, 0) is 79.8 Å². The third-order valence-electron chi connectivity index (χ3n) is 8.24. The normalized spacial score (nSPS) is 13.8. The predicted octanol–water partition coefficient (Wildman–Crippen LogP) is 2.43. The number of rotatable bonds is 13. The summed E-state index contributed by atoms with van der Waals surface area (Å²) in [7, 11) is 1.47. The number of likely N-dealkylation sites (N-methyl/N-ethyl adjacent to an activating group) is 1. The molecule has 242 valence electrons. The zero-order chi connectivity index (χ0) is 33.7. The van der Waals surface area contributed by atoms with Crippen LogP contribution >= 0.6 is 0 Å². The molecule has 0 aliphatic rings. The molecule has 0 spiro atoms. The Morgan fingerprint density at radius 3 is 2.33 bits per heavy atom. The van der Waals surface area contributed by atoms with Crippen molar-refractivity contribution in [1.29, 1.82) is 0 Å². The second-order valence-corrected chi connectivity index (χ2v) is 11.5. The van der Waals surface area contributed by atoms with Gasteiger partial charge in [0.25, 0.3) is 0 Å². The monoisotopic (exact) mass is 628 g/mol. The Kier molecular flexibility index (Phi) is 10.3. The zero-order valence-electron chi connectivity index (χ0n) is 26.3. The Morgan fingerprint density at radius 2 is 1.70 bits per heavy atom. The number of phenols is 1. The molecule has 0 saturated carbocycles. The number of amides is 4. The van der Waals surface area contributed by atoms with Crippen LogP contribution in [-0.2, 0) is 32.0 Å². The van der Waals surface area contributed by atoms with Gasteiger partial charge in [0.1, 0.15) is 29.6 Å². The first-order valence-electron chi connectivity index (χ1n) is 14.8. The number of para-hydroxylation sites is 1. The minimum atomic E-state index is -1.13. The van der Waals surface area contributed by atoms with Gasteiger partial charge in [0, 0.05) is 36.1 Å². The van der Waals surface area contributed by atoms with E-state index in [-0.39, 0.29) is 29.9 Å². The van der Waals surface area contributed by atoms with Gasteiger partial charge in [-0.25, -0.2) is 0 Å². The fourth-order valence-corrected chi connectivity index (χ4v) is 5.42. The summed E-state index contributed by atoms with van der Waals surface area (Å²) in [5.41, 5.74) is 15.7. The summed E-state index contributed by atoms with van der Waals surface area (Å²) >= 11 is 0. The molecule has 0 aliphatic carbocycles. The molecule has 4 amide bonds. The minimum absolute atomic E-state index is 0.0822. The molecule has 46 heavy (non-hydrogen) atoms. The number of nitrogens with one attached hydrogen (secondary N) is 3. The second kappa shape index (κ2) is 14.2. The number of benzene rings is 2. The molecule has 0 bridgehead atoms. The molecule has 12 nitrogen and oxygen atoms in total. The number of hydrogen-bond acceptors (Lipinski definition) is 7. The zero-order valence-corrected chi connectivity index (χ0v) is 26.3. The lowest BCUT2D eigenvalue weighted by Crippen LogP contribution is -2.56. The second-order valence-electron chi connectivity index (χ2n) is 11.5. The maximum atomic E-state index is 13.8. The van der Waals surface area contributed by atoms with Crippen LogP contribution in [0.3, 0.4) is 0 Å². The van der Waals surface area contributed by atoms with E-state index in [1.165, 1.54) is 25.1 Å². The van der Waals surface area contributed by atoms with Gasteiger partial charge in [-0.2, -0.15) is 0 Å². The highest BCUT2D eigenvalue weighted by molar-refractivity contribution is 5.96. The molecule has 0 unspecified atom stereocenters. The third kappa shape index (κ3) is 7.46. The number of H-pyrrole nitrogens is 1. The van der Waals surface area contributed by atoms with Gasteiger partial charge in [0.2, 0.25) is 23.6 Å². The van der Waals surface area contributed by atoms with Crippen LogP contribution in [0, 0.1) is 13.8 Å². The lowest BCUT2D eigenvalue weighted by atomic mass is 9.95. The average Bonchev–Trinajstić information content (AvgIpc) is 3.70. The van der Waals surface area contributed by atoms with Gasteiger partial charge in [0.15, 0.2) is 0 Å². The van der Waals surface area contributed by atoms with Gasteiger partial charge in [0.05, 0.1) is 12.3 Å². The molecule has 0 radical (unpaired) electrons. The number of carbonyl (C=O) groups excluding carboxylic acids is 4. The molecule has 12 heteroatoms. The van der Waals surface area contributed by atoms with Gasteiger partial charge in [-0.3, -0.25) is 19.2 Å². The molecule has 0 saturated heterocycles. The number of furan rings is 1. The van der Waals surface area contributed by atoms with Crippen molar-refractivity contribution in [3.8, 4) is 5.75 Å². The summed E-state index contributed by atoms with van der Waals surface area (Å²) in [5, 5.41) is 16.3. The standard InChI is InChI=1S/C34H40N6O6/c1-18-13-23(41)14-19(2)25(18)16-26(35)34(45)40(5)21(4)32(43)38-28(15-22-17-37-27-10-7-6-9-24(22)27)33(44)39-30(20(3)31(36)42)29-11-8-12-46-29/h6-14,17,21,26,28,30,37,41H,3,15-16,35H2,1-2,4-5H3,(H2,36,42)(H,38,43)(H,39,44)/t21-,26+,28+,30-/m1/s1. The average molecular weight is 629 g/mol. The molecular formula is C34H40N6O6. The maximum Gasteiger partial charge on any atom is 0.246 e. The number of phenolic OH excluding ortho intramolecular Hbond substituents is 1. The summed E-state index contributed by atoms with van der Waals surface area (Å²) in [6.07, 6.45) is 3.43. The number of aromatic nitrogens is 1. The Labute approximate surface area is 266 Å².